The second-order valence-electron chi connectivity index (χ2n) is 15.6. The lowest BCUT2D eigenvalue weighted by Gasteiger charge is -2.35. The van der Waals surface area contributed by atoms with Crippen molar-refractivity contribution in [1.82, 2.24) is 4.81 Å². The number of hydrogen-bond acceptors (Lipinski definition) is 2. The van der Waals surface area contributed by atoms with E-state index in [1.807, 2.05) is 0 Å². The Balaban J connectivity index is 0.000000261. The first-order valence-electron chi connectivity index (χ1n) is 19.4. The first kappa shape index (κ1) is 45.8. The molecule has 7 heteroatoms. The number of rotatable bonds is 2. The number of aryl methyl sites for hydroxylation is 3. The summed E-state index contributed by atoms with van der Waals surface area (Å²) in [6, 6.07) is 22.1. The maximum Gasteiger partial charge on any atom is 0.222 e. The zero-order valence-corrected chi connectivity index (χ0v) is 36.4. The molecule has 3 aromatic rings. The molecule has 2 heterocycles. The molecular weight excluding hydrogens is 709 g/mol. The van der Waals surface area contributed by atoms with Crippen LogP contribution in [0, 0.1) is 20.8 Å². The molecule has 0 bridgehead atoms. The van der Waals surface area contributed by atoms with Crippen LogP contribution in [-0.4, -0.2) is 34.4 Å². The number of para-hydroxylation sites is 2. The van der Waals surface area contributed by atoms with Crippen LogP contribution in [0.2, 0.25) is 12.6 Å². The van der Waals surface area contributed by atoms with Crippen LogP contribution in [0.4, 0.5) is 17.1 Å². The molecule has 0 amide bonds. The average molecular weight is 777 g/mol. The van der Waals surface area contributed by atoms with E-state index in [0.717, 1.165) is 13.3 Å². The molecule has 7 rings (SSSR count). The summed E-state index contributed by atoms with van der Waals surface area (Å²) < 4.78 is -1.11. The molecule has 4 aliphatic rings. The minimum atomic E-state index is -0.556. The lowest BCUT2D eigenvalue weighted by atomic mass is 9.59. The number of alkyl halides is 4. The molecule has 284 valence electrons. The average Bonchev–Trinajstić information content (AvgIpc) is 3.86. The molecule has 0 spiro atoms. The third-order valence-electron chi connectivity index (χ3n) is 9.26. The zero-order chi connectivity index (χ0) is 38.0. The molecule has 2 aliphatic heterocycles. The van der Waals surface area contributed by atoms with Gasteiger partial charge in [0, 0.05) is 17.8 Å². The van der Waals surface area contributed by atoms with Crippen molar-refractivity contribution in [3.8, 4) is 0 Å². The van der Waals surface area contributed by atoms with Gasteiger partial charge in [-0.25, -0.2) is 0 Å². The fraction of sp³-hybridized carbons (Fsp3) is 0.591. The molecule has 2 nitrogen and oxygen atoms in total. The predicted molar refractivity (Wildman–Crippen MR) is 234 cm³/mol. The lowest BCUT2D eigenvalue weighted by Crippen LogP contribution is -2.28. The van der Waals surface area contributed by atoms with Crippen LogP contribution in [0.1, 0.15) is 133 Å². The molecule has 0 aromatic heterocycles. The topological polar surface area (TPSA) is 6.48 Å². The van der Waals surface area contributed by atoms with Gasteiger partial charge < -0.3 is 9.71 Å². The highest BCUT2D eigenvalue weighted by atomic mass is 35.5. The summed E-state index contributed by atoms with van der Waals surface area (Å²) in [4.78, 5) is 4.78. The fourth-order valence-corrected chi connectivity index (χ4v) is 7.05. The molecule has 3 aromatic carbocycles. The Hall–Kier alpha value is -1.36. The van der Waals surface area contributed by atoms with Crippen molar-refractivity contribution >= 4 is 70.3 Å². The number of anilines is 3. The summed E-state index contributed by atoms with van der Waals surface area (Å²) >= 11 is 21.2. The van der Waals surface area contributed by atoms with Gasteiger partial charge in [-0.2, -0.15) is 0 Å². The van der Waals surface area contributed by atoms with E-state index in [1.54, 1.807) is 27.7 Å². The van der Waals surface area contributed by atoms with E-state index in [-0.39, 0.29) is 0 Å². The molecule has 51 heavy (non-hydrogen) atoms. The summed E-state index contributed by atoms with van der Waals surface area (Å²) in [5.74, 6) is 0. The van der Waals surface area contributed by atoms with Gasteiger partial charge in [-0.3, -0.25) is 0 Å². The number of halogens is 4. The van der Waals surface area contributed by atoms with Crippen LogP contribution in [0.3, 0.4) is 0 Å². The van der Waals surface area contributed by atoms with Crippen molar-refractivity contribution in [1.29, 1.82) is 0 Å². The van der Waals surface area contributed by atoms with Crippen LogP contribution in [0.15, 0.2) is 60.7 Å². The number of benzene rings is 3. The third kappa shape index (κ3) is 19.5. The third-order valence-corrected chi connectivity index (χ3v) is 9.26. The van der Waals surface area contributed by atoms with Crippen LogP contribution >= 0.6 is 46.4 Å². The Morgan fingerprint density at radius 3 is 1.16 bits per heavy atom. The second-order valence-corrected chi connectivity index (χ2v) is 19.8. The van der Waals surface area contributed by atoms with Crippen molar-refractivity contribution in [2.45, 2.75) is 153 Å². The standard InChI is InChI=1S/C22H21N.C6H14BN.2C5H10.2C3H6Cl2/c1-15-12-16(2)22(17(3)13-15)23-20-10-6-4-8-18(20)14-19-9-5-7-11-21(19)23;1-8(2)7-5-3-4-6-7;2*1-2-4-5-3-1;2*1-3(2,4)5/h4-13H,14H2,1-3H3;3-6H2,1-2H3;2*1-5H2;2*1-2H3. The maximum atomic E-state index is 5.30. The highest BCUT2D eigenvalue weighted by Gasteiger charge is 2.25. The fourth-order valence-electron chi connectivity index (χ4n) is 7.05. The van der Waals surface area contributed by atoms with Gasteiger partial charge in [0.05, 0.1) is 5.69 Å². The van der Waals surface area contributed by atoms with E-state index < -0.39 is 8.67 Å². The van der Waals surface area contributed by atoms with E-state index >= 15 is 0 Å². The van der Waals surface area contributed by atoms with Gasteiger partial charge in [0.2, 0.25) is 6.85 Å². The van der Waals surface area contributed by atoms with E-state index in [9.17, 15) is 0 Å². The molecule has 2 saturated carbocycles. The monoisotopic (exact) mass is 774 g/mol. The maximum absolute atomic E-state index is 5.30. The molecule has 1 saturated heterocycles. The Morgan fingerprint density at radius 2 is 0.863 bits per heavy atom. The summed E-state index contributed by atoms with van der Waals surface area (Å²) in [5.41, 5.74) is 10.7. The highest BCUT2D eigenvalue weighted by Crippen LogP contribution is 2.46. The number of hydrogen-bond donors (Lipinski definition) is 0. The van der Waals surface area contributed by atoms with E-state index in [4.69, 9.17) is 46.4 Å². The van der Waals surface area contributed by atoms with Crippen molar-refractivity contribution < 1.29 is 0 Å². The van der Waals surface area contributed by atoms with Crippen LogP contribution in [0.25, 0.3) is 0 Å². The van der Waals surface area contributed by atoms with Gasteiger partial charge in [-0.15, -0.1) is 46.4 Å². The molecular formula is C44H67BCl4N2. The molecule has 0 atom stereocenters. The quantitative estimate of drug-likeness (QED) is 0.148. The van der Waals surface area contributed by atoms with Crippen molar-refractivity contribution in [3.63, 3.8) is 0 Å². The minimum Gasteiger partial charge on any atom is -0.347 e. The number of fused-ring (bicyclic) bond motifs is 2. The molecule has 0 unspecified atom stereocenters. The van der Waals surface area contributed by atoms with Gasteiger partial charge in [-0.05, 0) is 96.9 Å². The first-order chi connectivity index (χ1) is 24.0. The van der Waals surface area contributed by atoms with Gasteiger partial charge in [0.25, 0.3) is 0 Å². The van der Waals surface area contributed by atoms with E-state index in [0.29, 0.717) is 0 Å². The summed E-state index contributed by atoms with van der Waals surface area (Å²) in [6.07, 6.45) is 21.7. The van der Waals surface area contributed by atoms with Crippen molar-refractivity contribution in [2.24, 2.45) is 0 Å². The van der Waals surface area contributed by atoms with Gasteiger partial charge >= 0.3 is 0 Å². The van der Waals surface area contributed by atoms with Crippen LogP contribution < -0.4 is 4.90 Å². The molecule has 3 fully saturated rings. The van der Waals surface area contributed by atoms with Crippen LogP contribution in [0.5, 0.6) is 0 Å². The second kappa shape index (κ2) is 23.4. The first-order valence-corrected chi connectivity index (χ1v) is 20.9. The normalized spacial score (nSPS) is 16.0. The molecule has 0 N–H and O–H groups in total. The lowest BCUT2D eigenvalue weighted by molar-refractivity contribution is 0.640. The Morgan fingerprint density at radius 1 is 0.549 bits per heavy atom. The predicted octanol–water partition coefficient (Wildman–Crippen LogP) is 15.6. The summed E-state index contributed by atoms with van der Waals surface area (Å²) in [7, 11) is 4.35. The Bertz CT molecular complexity index is 1280. The van der Waals surface area contributed by atoms with Crippen molar-refractivity contribution in [3.05, 3.63) is 88.5 Å². The molecule has 0 radical (unpaired) electrons. The summed E-state index contributed by atoms with van der Waals surface area (Å²) in [5, 5.41) is 0. The zero-order valence-electron chi connectivity index (χ0n) is 33.4. The van der Waals surface area contributed by atoms with Gasteiger partial charge in [0.1, 0.15) is 8.67 Å². The molecule has 2 aliphatic carbocycles. The smallest absolute Gasteiger partial charge is 0.222 e. The number of nitrogens with zero attached hydrogens (tertiary/aromatic N) is 2. The van der Waals surface area contributed by atoms with Gasteiger partial charge in [-0.1, -0.05) is 144 Å². The Labute approximate surface area is 334 Å². The SMILES string of the molecule is C1CCCC1.C1CCCC1.CC(C)(Cl)Cl.CC(C)(Cl)Cl.CN(C)B1CCCC1.Cc1cc(C)c(N2c3ccccc3Cc3ccccc32)c(C)c1. The van der Waals surface area contributed by atoms with Crippen molar-refractivity contribution in [2.75, 3.05) is 19.0 Å². The van der Waals surface area contributed by atoms with Crippen LogP contribution in [-0.2, 0) is 6.42 Å². The largest absolute Gasteiger partial charge is 0.347 e. The summed E-state index contributed by atoms with van der Waals surface area (Å²) in [6.45, 7) is 14.4. The minimum absolute atomic E-state index is 0.556. The van der Waals surface area contributed by atoms with Gasteiger partial charge in [0.15, 0.2) is 0 Å². The van der Waals surface area contributed by atoms with E-state index in [1.165, 1.54) is 135 Å². The Kier molecular flexibility index (Phi) is 21.0. The highest BCUT2D eigenvalue weighted by molar-refractivity contribution is 6.56. The van der Waals surface area contributed by atoms with E-state index in [2.05, 4.69) is 105 Å².